The molecule has 0 aliphatic heterocycles. The van der Waals surface area contributed by atoms with Gasteiger partial charge in [0.2, 0.25) is 0 Å². The van der Waals surface area contributed by atoms with E-state index in [0.29, 0.717) is 0 Å². The van der Waals surface area contributed by atoms with Crippen molar-refractivity contribution in [3.05, 3.63) is 29.3 Å². The molecule has 1 saturated carbocycles. The van der Waals surface area contributed by atoms with Gasteiger partial charge in [-0.2, -0.15) is 13.2 Å². The number of hydrogen-bond donors (Lipinski definition) is 2. The zero-order valence-corrected chi connectivity index (χ0v) is 10.4. The van der Waals surface area contributed by atoms with Crippen LogP contribution in [-0.4, -0.2) is 5.11 Å². The molecule has 0 radical (unpaired) electrons. The minimum absolute atomic E-state index is 0. The zero-order chi connectivity index (χ0) is 12.6. The molecule has 1 fully saturated rings. The Morgan fingerprint density at radius 2 is 1.89 bits per heavy atom. The Labute approximate surface area is 109 Å². The molecule has 1 aliphatic carbocycles. The molecule has 0 unspecified atom stereocenters. The third kappa shape index (κ3) is 2.90. The molecule has 1 atom stereocenters. The maximum absolute atomic E-state index is 12.5. The fourth-order valence-corrected chi connectivity index (χ4v) is 2.05. The predicted molar refractivity (Wildman–Crippen MR) is 64.6 cm³/mol. The third-order valence-electron chi connectivity index (χ3n) is 3.37. The van der Waals surface area contributed by atoms with Gasteiger partial charge in [0.25, 0.3) is 0 Å². The van der Waals surface area contributed by atoms with Crippen LogP contribution in [0, 0.1) is 5.92 Å². The number of aromatic hydroxyl groups is 1. The van der Waals surface area contributed by atoms with Crippen LogP contribution in [0.5, 0.6) is 5.75 Å². The molecule has 102 valence electrons. The van der Waals surface area contributed by atoms with Crippen molar-refractivity contribution in [3.63, 3.8) is 0 Å². The molecule has 0 saturated heterocycles. The van der Waals surface area contributed by atoms with E-state index in [1.54, 1.807) is 0 Å². The second-order valence-corrected chi connectivity index (χ2v) is 4.49. The number of halogens is 4. The van der Waals surface area contributed by atoms with E-state index in [1.807, 2.05) is 0 Å². The standard InChI is InChI=1S/C12H14F3NO.ClH/c13-12(14,15)8-4-5-10(17)9(6-8)11(16)7-2-1-3-7;/h4-7,11,17H,1-3,16H2;1H/t11-;/m0./s1. The average Bonchev–Trinajstić information content (AvgIpc) is 2.13. The Morgan fingerprint density at radius 3 is 2.33 bits per heavy atom. The quantitative estimate of drug-likeness (QED) is 0.869. The number of rotatable bonds is 2. The van der Waals surface area contributed by atoms with E-state index in [0.717, 1.165) is 37.5 Å². The van der Waals surface area contributed by atoms with E-state index in [9.17, 15) is 18.3 Å². The zero-order valence-electron chi connectivity index (χ0n) is 9.57. The first kappa shape index (κ1) is 15.1. The lowest BCUT2D eigenvalue weighted by atomic mass is 9.77. The summed E-state index contributed by atoms with van der Waals surface area (Å²) in [5.41, 5.74) is 5.32. The van der Waals surface area contributed by atoms with Crippen LogP contribution in [0.4, 0.5) is 13.2 Å². The lowest BCUT2D eigenvalue weighted by Crippen LogP contribution is -2.27. The Balaban J connectivity index is 0.00000162. The van der Waals surface area contributed by atoms with E-state index in [2.05, 4.69) is 0 Å². The Kier molecular flexibility index (Phi) is 4.50. The van der Waals surface area contributed by atoms with E-state index >= 15 is 0 Å². The van der Waals surface area contributed by atoms with Gasteiger partial charge in [0.15, 0.2) is 0 Å². The fourth-order valence-electron chi connectivity index (χ4n) is 2.05. The summed E-state index contributed by atoms with van der Waals surface area (Å²) in [6.07, 6.45) is -1.52. The second-order valence-electron chi connectivity index (χ2n) is 4.49. The second kappa shape index (κ2) is 5.36. The normalized spacial score (nSPS) is 17.8. The monoisotopic (exact) mass is 281 g/mol. The van der Waals surface area contributed by atoms with Gasteiger partial charge in [-0.15, -0.1) is 12.4 Å². The van der Waals surface area contributed by atoms with Crippen LogP contribution < -0.4 is 5.73 Å². The van der Waals surface area contributed by atoms with Gasteiger partial charge in [-0.25, -0.2) is 0 Å². The first-order valence-electron chi connectivity index (χ1n) is 5.55. The van der Waals surface area contributed by atoms with Gasteiger partial charge in [-0.05, 0) is 37.0 Å². The number of phenolic OH excluding ortho intramolecular Hbond substituents is 1. The molecule has 2 rings (SSSR count). The van der Waals surface area contributed by atoms with Crippen molar-refractivity contribution in [1.29, 1.82) is 0 Å². The average molecular weight is 282 g/mol. The smallest absolute Gasteiger partial charge is 0.416 e. The number of hydrogen-bond acceptors (Lipinski definition) is 2. The summed E-state index contributed by atoms with van der Waals surface area (Å²) in [7, 11) is 0. The van der Waals surface area contributed by atoms with Crippen LogP contribution in [0.2, 0.25) is 0 Å². The van der Waals surface area contributed by atoms with Crippen molar-refractivity contribution in [3.8, 4) is 5.75 Å². The molecule has 3 N–H and O–H groups in total. The van der Waals surface area contributed by atoms with Crippen LogP contribution >= 0.6 is 12.4 Å². The van der Waals surface area contributed by atoms with Gasteiger partial charge >= 0.3 is 6.18 Å². The highest BCUT2D eigenvalue weighted by Gasteiger charge is 2.33. The predicted octanol–water partition coefficient (Wildman–Crippen LogP) is 3.63. The Hall–Kier alpha value is -0.940. The van der Waals surface area contributed by atoms with Gasteiger partial charge in [0.05, 0.1) is 5.56 Å². The van der Waals surface area contributed by atoms with Crippen molar-refractivity contribution in [1.82, 2.24) is 0 Å². The number of benzene rings is 1. The first-order chi connectivity index (χ1) is 7.89. The summed E-state index contributed by atoms with van der Waals surface area (Å²) < 4.78 is 37.6. The molecule has 1 aromatic carbocycles. The molecule has 6 heteroatoms. The highest BCUT2D eigenvalue weighted by Crippen LogP contribution is 2.41. The van der Waals surface area contributed by atoms with Crippen LogP contribution in [0.1, 0.15) is 36.4 Å². The molecular formula is C12H15ClF3NO. The molecule has 1 aromatic rings. The summed E-state index contributed by atoms with van der Waals surface area (Å²) in [5.74, 6) is 0.0294. The Morgan fingerprint density at radius 1 is 1.28 bits per heavy atom. The van der Waals surface area contributed by atoms with Crippen molar-refractivity contribution < 1.29 is 18.3 Å². The fraction of sp³-hybridized carbons (Fsp3) is 0.500. The maximum atomic E-state index is 12.5. The van der Waals surface area contributed by atoms with Gasteiger partial charge in [0, 0.05) is 11.6 Å². The first-order valence-corrected chi connectivity index (χ1v) is 5.55. The summed E-state index contributed by atoms with van der Waals surface area (Å²) >= 11 is 0. The summed E-state index contributed by atoms with van der Waals surface area (Å²) in [6.45, 7) is 0. The third-order valence-corrected chi connectivity index (χ3v) is 3.37. The minimum Gasteiger partial charge on any atom is -0.508 e. The molecule has 0 spiro atoms. The molecule has 2 nitrogen and oxygen atoms in total. The molecule has 18 heavy (non-hydrogen) atoms. The summed E-state index contributed by atoms with van der Waals surface area (Å²) in [5, 5.41) is 9.59. The SMILES string of the molecule is Cl.N[C@H](c1cc(C(F)(F)F)ccc1O)C1CCC1. The van der Waals surface area contributed by atoms with Crippen molar-refractivity contribution >= 4 is 12.4 Å². The lowest BCUT2D eigenvalue weighted by molar-refractivity contribution is -0.137. The van der Waals surface area contributed by atoms with E-state index < -0.39 is 17.8 Å². The molecule has 0 aromatic heterocycles. The van der Waals surface area contributed by atoms with Crippen molar-refractivity contribution in [2.24, 2.45) is 11.7 Å². The lowest BCUT2D eigenvalue weighted by Gasteiger charge is -2.32. The van der Waals surface area contributed by atoms with E-state index in [4.69, 9.17) is 5.73 Å². The van der Waals surface area contributed by atoms with Crippen LogP contribution in [-0.2, 0) is 6.18 Å². The number of nitrogens with two attached hydrogens (primary N) is 1. The van der Waals surface area contributed by atoms with Gasteiger partial charge in [-0.1, -0.05) is 6.42 Å². The number of phenols is 1. The Bertz CT molecular complexity index is 418. The van der Waals surface area contributed by atoms with Gasteiger partial charge < -0.3 is 10.8 Å². The largest absolute Gasteiger partial charge is 0.508 e. The maximum Gasteiger partial charge on any atom is 0.416 e. The van der Waals surface area contributed by atoms with Gasteiger partial charge in [0.1, 0.15) is 5.75 Å². The molecule has 1 aliphatic rings. The van der Waals surface area contributed by atoms with E-state index in [-0.39, 0.29) is 29.6 Å². The van der Waals surface area contributed by atoms with E-state index in [1.165, 1.54) is 0 Å². The molecule has 0 bridgehead atoms. The highest BCUT2D eigenvalue weighted by molar-refractivity contribution is 5.85. The van der Waals surface area contributed by atoms with Gasteiger partial charge in [-0.3, -0.25) is 0 Å². The van der Waals surface area contributed by atoms with Crippen LogP contribution in [0.25, 0.3) is 0 Å². The minimum atomic E-state index is -4.40. The summed E-state index contributed by atoms with van der Waals surface area (Å²) in [4.78, 5) is 0. The van der Waals surface area contributed by atoms with Crippen molar-refractivity contribution in [2.45, 2.75) is 31.5 Å². The highest BCUT2D eigenvalue weighted by atomic mass is 35.5. The molecule has 0 heterocycles. The van der Waals surface area contributed by atoms with Crippen LogP contribution in [0.3, 0.4) is 0 Å². The van der Waals surface area contributed by atoms with Crippen LogP contribution in [0.15, 0.2) is 18.2 Å². The topological polar surface area (TPSA) is 46.2 Å². The molecular weight excluding hydrogens is 267 g/mol. The number of alkyl halides is 3. The van der Waals surface area contributed by atoms with Crippen molar-refractivity contribution in [2.75, 3.05) is 0 Å². The summed E-state index contributed by atoms with van der Waals surface area (Å²) in [6, 6.07) is 2.38. The molecule has 0 amide bonds.